The molecule has 1 aliphatic heterocycles. The summed E-state index contributed by atoms with van der Waals surface area (Å²) in [6.45, 7) is 2.57. The Kier molecular flexibility index (Phi) is 5.36. The molecule has 0 saturated carbocycles. The summed E-state index contributed by atoms with van der Waals surface area (Å²) in [4.78, 5) is 13.4. The van der Waals surface area contributed by atoms with Crippen LogP contribution >= 0.6 is 15.9 Å². The molecule has 104 valence electrons. The molecule has 0 radical (unpaired) electrons. The Hall–Kier alpha value is -0.910. The number of carbonyl (C=O) groups is 1. The van der Waals surface area contributed by atoms with Crippen LogP contribution in [0.1, 0.15) is 18.4 Å². The van der Waals surface area contributed by atoms with Crippen LogP contribution in [0.25, 0.3) is 0 Å². The number of halogens is 1. The van der Waals surface area contributed by atoms with Crippen LogP contribution in [0.5, 0.6) is 0 Å². The van der Waals surface area contributed by atoms with Crippen LogP contribution in [0.3, 0.4) is 0 Å². The Morgan fingerprint density at radius 2 is 2.16 bits per heavy atom. The molecule has 2 rings (SSSR count). The first-order valence-corrected chi connectivity index (χ1v) is 7.29. The molecule has 0 atom stereocenters. The summed E-state index contributed by atoms with van der Waals surface area (Å²) in [5, 5.41) is 0. The van der Waals surface area contributed by atoms with Crippen molar-refractivity contribution >= 4 is 21.8 Å². The monoisotopic (exact) mass is 326 g/mol. The second kappa shape index (κ2) is 7.03. The number of benzene rings is 1. The van der Waals surface area contributed by atoms with Gasteiger partial charge in [0, 0.05) is 30.3 Å². The molecule has 2 N–H and O–H groups in total. The van der Waals surface area contributed by atoms with Gasteiger partial charge in [0.05, 0.1) is 6.54 Å². The molecule has 1 aliphatic rings. The second-order valence-electron chi connectivity index (χ2n) is 4.84. The van der Waals surface area contributed by atoms with Gasteiger partial charge in [-0.15, -0.1) is 0 Å². The maximum absolute atomic E-state index is 11.2. The van der Waals surface area contributed by atoms with Gasteiger partial charge in [0.1, 0.15) is 0 Å². The van der Waals surface area contributed by atoms with Crippen molar-refractivity contribution in [3.05, 3.63) is 34.3 Å². The number of nitrogens with two attached hydrogens (primary N) is 1. The van der Waals surface area contributed by atoms with E-state index in [4.69, 9.17) is 10.5 Å². The van der Waals surface area contributed by atoms with Gasteiger partial charge in [-0.3, -0.25) is 9.69 Å². The number of rotatable bonds is 5. The average Bonchev–Trinajstić information content (AvgIpc) is 2.38. The summed E-state index contributed by atoms with van der Waals surface area (Å²) in [5.74, 6) is -0.276. The summed E-state index contributed by atoms with van der Waals surface area (Å²) in [5.41, 5.74) is 6.54. The Bertz CT molecular complexity index is 433. The lowest BCUT2D eigenvalue weighted by atomic mass is 10.1. The van der Waals surface area contributed by atoms with Gasteiger partial charge in [-0.25, -0.2) is 0 Å². The van der Waals surface area contributed by atoms with E-state index in [0.717, 1.165) is 37.1 Å². The van der Waals surface area contributed by atoms with Crippen molar-refractivity contribution in [2.75, 3.05) is 19.8 Å². The third kappa shape index (κ3) is 4.60. The van der Waals surface area contributed by atoms with Gasteiger partial charge in [0.25, 0.3) is 0 Å². The molecule has 19 heavy (non-hydrogen) atoms. The predicted octanol–water partition coefficient (Wildman–Crippen LogP) is 1.92. The second-order valence-corrected chi connectivity index (χ2v) is 5.76. The summed E-state index contributed by atoms with van der Waals surface area (Å²) in [6.07, 6.45) is 1.92. The molecule has 1 amide bonds. The van der Waals surface area contributed by atoms with Gasteiger partial charge in [-0.1, -0.05) is 28.1 Å². The van der Waals surface area contributed by atoms with Crippen molar-refractivity contribution in [1.82, 2.24) is 4.90 Å². The van der Waals surface area contributed by atoms with Crippen molar-refractivity contribution in [2.24, 2.45) is 5.73 Å². The van der Waals surface area contributed by atoms with Crippen LogP contribution in [0.4, 0.5) is 0 Å². The van der Waals surface area contributed by atoms with Gasteiger partial charge < -0.3 is 10.5 Å². The van der Waals surface area contributed by atoms with Gasteiger partial charge in [-0.2, -0.15) is 0 Å². The number of amides is 1. The number of ether oxygens (including phenoxy) is 1. The Balaban J connectivity index is 2.06. The number of hydrogen-bond acceptors (Lipinski definition) is 3. The van der Waals surface area contributed by atoms with Gasteiger partial charge in [0.2, 0.25) is 5.91 Å². The summed E-state index contributed by atoms with van der Waals surface area (Å²) < 4.78 is 6.43. The van der Waals surface area contributed by atoms with E-state index < -0.39 is 0 Å². The van der Waals surface area contributed by atoms with E-state index in [9.17, 15) is 4.79 Å². The highest BCUT2D eigenvalue weighted by molar-refractivity contribution is 9.10. The minimum atomic E-state index is -0.276. The molecule has 1 saturated heterocycles. The molecular formula is C14H19BrN2O2. The normalized spacial score (nSPS) is 16.7. The zero-order valence-electron chi connectivity index (χ0n) is 10.8. The molecule has 5 heteroatoms. The largest absolute Gasteiger partial charge is 0.381 e. The fourth-order valence-corrected chi connectivity index (χ4v) is 2.88. The minimum absolute atomic E-state index is 0.276. The number of carbonyl (C=O) groups excluding carboxylic acids is 1. The van der Waals surface area contributed by atoms with E-state index in [1.165, 1.54) is 5.56 Å². The zero-order valence-corrected chi connectivity index (χ0v) is 12.4. The molecule has 1 heterocycles. The smallest absolute Gasteiger partial charge is 0.231 e. The highest BCUT2D eigenvalue weighted by Gasteiger charge is 2.22. The molecular weight excluding hydrogens is 308 g/mol. The molecule has 0 unspecified atom stereocenters. The number of nitrogens with zero attached hydrogens (tertiary/aromatic N) is 1. The molecule has 0 spiro atoms. The highest BCUT2D eigenvalue weighted by Crippen LogP contribution is 2.19. The third-order valence-electron chi connectivity index (χ3n) is 3.34. The first-order chi connectivity index (χ1) is 9.15. The van der Waals surface area contributed by atoms with Crippen molar-refractivity contribution in [1.29, 1.82) is 0 Å². The van der Waals surface area contributed by atoms with Crippen LogP contribution in [0.2, 0.25) is 0 Å². The molecule has 0 aromatic heterocycles. The van der Waals surface area contributed by atoms with Crippen molar-refractivity contribution in [3.8, 4) is 0 Å². The zero-order chi connectivity index (χ0) is 13.7. The van der Waals surface area contributed by atoms with E-state index in [-0.39, 0.29) is 5.91 Å². The highest BCUT2D eigenvalue weighted by atomic mass is 79.9. The first kappa shape index (κ1) is 14.5. The molecule has 1 aromatic rings. The van der Waals surface area contributed by atoms with E-state index in [0.29, 0.717) is 12.6 Å². The van der Waals surface area contributed by atoms with Crippen LogP contribution in [-0.2, 0) is 16.1 Å². The lowest BCUT2D eigenvalue weighted by Crippen LogP contribution is -2.43. The predicted molar refractivity (Wildman–Crippen MR) is 77.6 cm³/mol. The average molecular weight is 327 g/mol. The quantitative estimate of drug-likeness (QED) is 0.899. The Morgan fingerprint density at radius 3 is 2.79 bits per heavy atom. The summed E-state index contributed by atoms with van der Waals surface area (Å²) in [7, 11) is 0. The van der Waals surface area contributed by atoms with E-state index in [1.54, 1.807) is 0 Å². The van der Waals surface area contributed by atoms with E-state index >= 15 is 0 Å². The standard InChI is InChI=1S/C14H19BrN2O2/c15-12-3-1-2-11(8-12)9-17(10-14(16)18)13-4-6-19-7-5-13/h1-3,8,13H,4-7,9-10H2,(H2,16,18). The maximum Gasteiger partial charge on any atom is 0.231 e. The third-order valence-corrected chi connectivity index (χ3v) is 3.83. The molecule has 1 aromatic carbocycles. The van der Waals surface area contributed by atoms with Crippen LogP contribution in [-0.4, -0.2) is 36.6 Å². The fraction of sp³-hybridized carbons (Fsp3) is 0.500. The maximum atomic E-state index is 11.2. The van der Waals surface area contributed by atoms with Crippen molar-refractivity contribution < 1.29 is 9.53 Å². The molecule has 1 fully saturated rings. The van der Waals surface area contributed by atoms with Gasteiger partial charge in [0.15, 0.2) is 0 Å². The van der Waals surface area contributed by atoms with Crippen molar-refractivity contribution in [3.63, 3.8) is 0 Å². The van der Waals surface area contributed by atoms with Crippen LogP contribution < -0.4 is 5.73 Å². The minimum Gasteiger partial charge on any atom is -0.381 e. The number of primary amides is 1. The molecule has 0 bridgehead atoms. The fourth-order valence-electron chi connectivity index (χ4n) is 2.43. The number of hydrogen-bond donors (Lipinski definition) is 1. The first-order valence-electron chi connectivity index (χ1n) is 6.49. The topological polar surface area (TPSA) is 55.6 Å². The van der Waals surface area contributed by atoms with Crippen molar-refractivity contribution in [2.45, 2.75) is 25.4 Å². The van der Waals surface area contributed by atoms with Crippen LogP contribution in [0, 0.1) is 0 Å². The Labute approximate surface area is 122 Å². The molecule has 4 nitrogen and oxygen atoms in total. The van der Waals surface area contributed by atoms with Gasteiger partial charge >= 0.3 is 0 Å². The van der Waals surface area contributed by atoms with E-state index in [1.807, 2.05) is 12.1 Å². The van der Waals surface area contributed by atoms with Crippen LogP contribution in [0.15, 0.2) is 28.7 Å². The molecule has 0 aliphatic carbocycles. The van der Waals surface area contributed by atoms with Gasteiger partial charge in [-0.05, 0) is 30.5 Å². The SMILES string of the molecule is NC(=O)CN(Cc1cccc(Br)c1)C1CCOCC1. The lowest BCUT2D eigenvalue weighted by Gasteiger charge is -2.33. The summed E-state index contributed by atoms with van der Waals surface area (Å²) in [6, 6.07) is 8.52. The lowest BCUT2D eigenvalue weighted by molar-refractivity contribution is -0.120. The Morgan fingerprint density at radius 1 is 1.42 bits per heavy atom. The van der Waals surface area contributed by atoms with E-state index in [2.05, 4.69) is 33.0 Å². The summed E-state index contributed by atoms with van der Waals surface area (Å²) >= 11 is 3.47.